The number of benzene rings is 1. The zero-order valence-corrected chi connectivity index (χ0v) is 10.5. The Kier molecular flexibility index (Phi) is 4.53. The zero-order chi connectivity index (χ0) is 12.3. The monoisotopic (exact) mass is 282 g/mol. The van der Waals surface area contributed by atoms with Gasteiger partial charge in [-0.2, -0.15) is 0 Å². The SMILES string of the molecule is CC(Oc1cc(Cl)c(Cl)cc1Cl)C(N)=NO. The summed E-state index contributed by atoms with van der Waals surface area (Å²) in [4.78, 5) is 0. The quantitative estimate of drug-likeness (QED) is 0.294. The van der Waals surface area contributed by atoms with E-state index in [2.05, 4.69) is 5.16 Å². The van der Waals surface area contributed by atoms with Crippen LogP contribution in [0.2, 0.25) is 15.1 Å². The average Bonchev–Trinajstić information content (AvgIpc) is 2.24. The summed E-state index contributed by atoms with van der Waals surface area (Å²) in [6, 6.07) is 2.92. The third-order valence-corrected chi connectivity index (χ3v) is 2.83. The minimum Gasteiger partial charge on any atom is -0.481 e. The van der Waals surface area contributed by atoms with E-state index in [9.17, 15) is 0 Å². The Balaban J connectivity index is 2.94. The van der Waals surface area contributed by atoms with E-state index in [1.165, 1.54) is 12.1 Å². The lowest BCUT2D eigenvalue weighted by Gasteiger charge is -2.14. The molecule has 88 valence electrons. The van der Waals surface area contributed by atoms with E-state index >= 15 is 0 Å². The molecule has 1 atom stereocenters. The Morgan fingerprint density at radius 2 is 1.88 bits per heavy atom. The minimum atomic E-state index is -0.625. The van der Waals surface area contributed by atoms with Crippen LogP contribution in [0.5, 0.6) is 5.75 Å². The molecule has 0 amide bonds. The fraction of sp³-hybridized carbons (Fsp3) is 0.222. The van der Waals surface area contributed by atoms with Crippen LogP contribution in [-0.2, 0) is 0 Å². The molecule has 16 heavy (non-hydrogen) atoms. The van der Waals surface area contributed by atoms with Crippen LogP contribution in [0, 0.1) is 0 Å². The van der Waals surface area contributed by atoms with Gasteiger partial charge in [-0.15, -0.1) is 0 Å². The molecule has 0 aliphatic rings. The number of hydrogen-bond donors (Lipinski definition) is 2. The van der Waals surface area contributed by atoms with Crippen molar-refractivity contribution in [3.63, 3.8) is 0 Å². The molecular weight excluding hydrogens is 274 g/mol. The van der Waals surface area contributed by atoms with E-state index in [0.29, 0.717) is 20.8 Å². The maximum atomic E-state index is 8.45. The highest BCUT2D eigenvalue weighted by Gasteiger charge is 2.13. The molecule has 0 heterocycles. The Morgan fingerprint density at radius 3 is 2.44 bits per heavy atom. The van der Waals surface area contributed by atoms with Crippen molar-refractivity contribution < 1.29 is 9.94 Å². The number of rotatable bonds is 3. The lowest BCUT2D eigenvalue weighted by molar-refractivity contribution is 0.266. The fourth-order valence-electron chi connectivity index (χ4n) is 0.927. The number of nitrogens with two attached hydrogens (primary N) is 1. The summed E-state index contributed by atoms with van der Waals surface area (Å²) in [5.74, 6) is 0.248. The standard InChI is InChI=1S/C9H9Cl3N2O2/c1-4(9(13)14-15)16-8-3-6(11)5(10)2-7(8)12/h2-4,15H,1H3,(H2,13,14). The van der Waals surface area contributed by atoms with Crippen molar-refractivity contribution in [1.29, 1.82) is 0 Å². The Hall–Kier alpha value is -0.840. The van der Waals surface area contributed by atoms with Crippen molar-refractivity contribution in [3.05, 3.63) is 27.2 Å². The highest BCUT2D eigenvalue weighted by Crippen LogP contribution is 2.34. The molecule has 0 spiro atoms. The van der Waals surface area contributed by atoms with Gasteiger partial charge in [0, 0.05) is 6.07 Å². The fourth-order valence-corrected chi connectivity index (χ4v) is 1.51. The molecule has 1 unspecified atom stereocenters. The molecule has 1 aromatic rings. The van der Waals surface area contributed by atoms with E-state index in [1.54, 1.807) is 6.92 Å². The summed E-state index contributed by atoms with van der Waals surface area (Å²) < 4.78 is 5.34. The second-order valence-electron chi connectivity index (χ2n) is 2.98. The highest BCUT2D eigenvalue weighted by atomic mass is 35.5. The molecule has 0 radical (unpaired) electrons. The van der Waals surface area contributed by atoms with Crippen LogP contribution in [0.15, 0.2) is 17.3 Å². The van der Waals surface area contributed by atoms with Gasteiger partial charge in [-0.25, -0.2) is 0 Å². The van der Waals surface area contributed by atoms with Gasteiger partial charge in [-0.05, 0) is 13.0 Å². The summed E-state index contributed by atoms with van der Waals surface area (Å²) in [6.45, 7) is 1.61. The van der Waals surface area contributed by atoms with Crippen LogP contribution in [0.4, 0.5) is 0 Å². The van der Waals surface area contributed by atoms with Crippen LogP contribution >= 0.6 is 34.8 Å². The summed E-state index contributed by atoms with van der Waals surface area (Å²) in [5, 5.41) is 12.2. The van der Waals surface area contributed by atoms with Gasteiger partial charge in [0.05, 0.1) is 15.1 Å². The van der Waals surface area contributed by atoms with Gasteiger partial charge in [0.25, 0.3) is 0 Å². The molecule has 4 nitrogen and oxygen atoms in total. The highest BCUT2D eigenvalue weighted by molar-refractivity contribution is 6.43. The molecule has 1 rings (SSSR count). The number of ether oxygens (including phenoxy) is 1. The molecule has 0 saturated heterocycles. The normalized spacial score (nSPS) is 13.6. The first-order chi connectivity index (χ1) is 7.45. The maximum Gasteiger partial charge on any atom is 0.180 e. The van der Waals surface area contributed by atoms with Gasteiger partial charge in [-0.3, -0.25) is 0 Å². The molecule has 3 N–H and O–H groups in total. The molecule has 0 aromatic heterocycles. The van der Waals surface area contributed by atoms with E-state index in [-0.39, 0.29) is 5.84 Å². The number of hydrogen-bond acceptors (Lipinski definition) is 3. The van der Waals surface area contributed by atoms with Crippen molar-refractivity contribution in [2.45, 2.75) is 13.0 Å². The molecule has 0 fully saturated rings. The lowest BCUT2D eigenvalue weighted by atomic mass is 10.3. The predicted octanol–water partition coefficient (Wildman–Crippen LogP) is 3.16. The van der Waals surface area contributed by atoms with Crippen LogP contribution in [0.3, 0.4) is 0 Å². The van der Waals surface area contributed by atoms with Gasteiger partial charge < -0.3 is 15.7 Å². The number of amidine groups is 1. The first kappa shape index (κ1) is 13.2. The smallest absolute Gasteiger partial charge is 0.180 e. The van der Waals surface area contributed by atoms with E-state index in [0.717, 1.165) is 0 Å². The molecule has 1 aromatic carbocycles. The second kappa shape index (κ2) is 5.48. The lowest BCUT2D eigenvalue weighted by Crippen LogP contribution is -2.31. The molecule has 0 saturated carbocycles. The van der Waals surface area contributed by atoms with Crippen molar-refractivity contribution in [2.75, 3.05) is 0 Å². The first-order valence-corrected chi connectivity index (χ1v) is 5.37. The maximum absolute atomic E-state index is 8.45. The van der Waals surface area contributed by atoms with Gasteiger partial charge in [0.1, 0.15) is 5.75 Å². The Morgan fingerprint density at radius 1 is 1.31 bits per heavy atom. The predicted molar refractivity (Wildman–Crippen MR) is 65.0 cm³/mol. The number of halogens is 3. The molecule has 0 aliphatic carbocycles. The second-order valence-corrected chi connectivity index (χ2v) is 4.20. The summed E-state index contributed by atoms with van der Waals surface area (Å²) in [6.07, 6.45) is -0.625. The molecular formula is C9H9Cl3N2O2. The van der Waals surface area contributed by atoms with Crippen molar-refractivity contribution >= 4 is 40.6 Å². The van der Waals surface area contributed by atoms with Crippen LogP contribution < -0.4 is 10.5 Å². The van der Waals surface area contributed by atoms with Crippen LogP contribution in [0.1, 0.15) is 6.92 Å². The van der Waals surface area contributed by atoms with Gasteiger partial charge in [0.15, 0.2) is 11.9 Å². The number of oxime groups is 1. The largest absolute Gasteiger partial charge is 0.481 e. The molecule has 0 bridgehead atoms. The third kappa shape index (κ3) is 3.07. The summed E-state index contributed by atoms with van der Waals surface area (Å²) >= 11 is 17.4. The van der Waals surface area contributed by atoms with Crippen molar-refractivity contribution in [3.8, 4) is 5.75 Å². The number of nitrogens with zero attached hydrogens (tertiary/aromatic N) is 1. The van der Waals surface area contributed by atoms with E-state index in [4.69, 9.17) is 50.5 Å². The van der Waals surface area contributed by atoms with Crippen LogP contribution in [0.25, 0.3) is 0 Å². The zero-order valence-electron chi connectivity index (χ0n) is 8.25. The third-order valence-electron chi connectivity index (χ3n) is 1.81. The topological polar surface area (TPSA) is 67.8 Å². The molecule has 0 aliphatic heterocycles. The van der Waals surface area contributed by atoms with Crippen LogP contribution in [-0.4, -0.2) is 17.1 Å². The Bertz CT molecular complexity index is 423. The van der Waals surface area contributed by atoms with Crippen molar-refractivity contribution in [2.24, 2.45) is 10.9 Å². The summed E-state index contributed by atoms with van der Waals surface area (Å²) in [7, 11) is 0. The van der Waals surface area contributed by atoms with Crippen molar-refractivity contribution in [1.82, 2.24) is 0 Å². The summed E-state index contributed by atoms with van der Waals surface area (Å²) in [5.41, 5.74) is 5.36. The van der Waals surface area contributed by atoms with E-state index in [1.807, 2.05) is 0 Å². The van der Waals surface area contributed by atoms with Gasteiger partial charge in [-0.1, -0.05) is 40.0 Å². The molecule has 7 heteroatoms. The van der Waals surface area contributed by atoms with Gasteiger partial charge in [0.2, 0.25) is 0 Å². The Labute approximate surface area is 108 Å². The minimum absolute atomic E-state index is 0.0675. The first-order valence-electron chi connectivity index (χ1n) is 4.24. The average molecular weight is 284 g/mol. The van der Waals surface area contributed by atoms with Gasteiger partial charge >= 0.3 is 0 Å². The van der Waals surface area contributed by atoms with E-state index < -0.39 is 6.10 Å².